The number of esters is 2. The number of aliphatic hydroxyl groups is 2. The monoisotopic (exact) mass is 1860 g/mol. The maximum atomic E-state index is 12.1. The van der Waals surface area contributed by atoms with Gasteiger partial charge in [-0.15, -0.1) is 0 Å². The molecule has 23 heteroatoms. The van der Waals surface area contributed by atoms with E-state index in [0.717, 1.165) is 137 Å². The summed E-state index contributed by atoms with van der Waals surface area (Å²) in [6.07, 6.45) is 6.79. The number of ketones is 2. The topological polar surface area (TPSA) is 354 Å². The summed E-state index contributed by atoms with van der Waals surface area (Å²) in [7, 11) is 3.71. The van der Waals surface area contributed by atoms with Crippen molar-refractivity contribution < 1.29 is 135 Å². The van der Waals surface area contributed by atoms with Crippen LogP contribution >= 0.6 is 0 Å². The van der Waals surface area contributed by atoms with E-state index in [-0.39, 0.29) is 152 Å². The molecular formula is C110H167BNaO21. The van der Waals surface area contributed by atoms with E-state index < -0.39 is 22.8 Å². The Balaban J connectivity index is 0. The number of aromatic hydroxyl groups is 8. The number of Topliss-reactive ketones (excluding diaryl/α,β-unsaturated/α-hetero) is 1. The summed E-state index contributed by atoms with van der Waals surface area (Å²) in [6, 6.07) is 10.9. The number of allylic oxidation sites excluding steroid dienone is 4. The maximum Gasteiger partial charge on any atom is 1.00 e. The largest absolute Gasteiger partial charge is 1.00 e. The zero-order valence-electron chi connectivity index (χ0n) is 89.4. The van der Waals surface area contributed by atoms with Crippen LogP contribution in [0.3, 0.4) is 0 Å². The number of aliphatic carboxylic acids is 1. The quantitative estimate of drug-likeness (QED) is 0.0125. The molecule has 0 saturated carbocycles. The number of carbonyl (C=O) groups excluding carboxylic acids is 4. The first-order valence-electron chi connectivity index (χ1n) is 46.7. The van der Waals surface area contributed by atoms with Gasteiger partial charge in [0.05, 0.1) is 20.8 Å². The molecule has 3 radical (unpaired) electrons. The second-order valence-electron chi connectivity index (χ2n) is 40.0. The van der Waals surface area contributed by atoms with Gasteiger partial charge in [0.25, 0.3) is 0 Å². The van der Waals surface area contributed by atoms with Gasteiger partial charge in [-0.3, -0.25) is 9.59 Å². The summed E-state index contributed by atoms with van der Waals surface area (Å²) in [5, 5.41) is 108. The molecule has 3 heterocycles. The first kappa shape index (κ1) is 124. The second-order valence-corrected chi connectivity index (χ2v) is 40.0. The van der Waals surface area contributed by atoms with Gasteiger partial charge < -0.3 is 81.3 Å². The average molecular weight is 1860 g/mol. The molecule has 10 rings (SSSR count). The molecule has 3 aliphatic heterocycles. The van der Waals surface area contributed by atoms with Crippen LogP contribution in [0.5, 0.6) is 63.2 Å². The number of ether oxygens (including phenoxy) is 5. The third-order valence-corrected chi connectivity index (χ3v) is 24.5. The van der Waals surface area contributed by atoms with Crippen LogP contribution in [-0.2, 0) is 52.7 Å². The first-order valence-corrected chi connectivity index (χ1v) is 46.7. The van der Waals surface area contributed by atoms with Crippen molar-refractivity contribution in [3.05, 3.63) is 178 Å². The van der Waals surface area contributed by atoms with E-state index in [1.165, 1.54) is 26.4 Å². The molecule has 0 bridgehead atoms. The standard InChI is InChI=1S/C19H28O4.C18H26O4.C18H28O3.C13H20O2.C12H18O2.C12H16O2.C12H18O.C5H8O2.CH4O.B.Na.H/c1-10(2)14-12(5)17-13(15(11(3)4)16(14)20)8-9-19(6,23-17)18(21)22-7;1-9(2)13-11(5)16-12(14(10(3)4)15(13)19)7-8-18(6,22-16)17(20)21;1-10(2)14-12(5)17-13(15(11(3)4)16(14)20)7-8-18(6,9-19)21-17;1-7(2)10-6-11(14)9(5)12(8(3)4)13(10)15;2*1-7(2)10-5-9(13)6-11(8(3)4)12(10)14;1-8(2)10-6-5-7-11(9(3)4)12(10)13;1-4(2)5(6)7-3;1-2;;;/h10-11,20H,8-9H2,1-7H3;9-10,19H,7-8H2,1-6H3,(H,20,21);10-11,19-20H,7-9H2,1-6H3;6-8,14-15H,1-5H3;5-8,13-14H,1-4H3;5-8H,1-4H3;5-9,13H,1-4H3;1H2,2-3H3;2H,1H3;;;/q;;;;;;;;;;+1;-1. The molecule has 1 aliphatic carbocycles. The number of phenolic OH excluding ortho intramolecular Hbond substituents is 8. The van der Waals surface area contributed by atoms with E-state index in [1.807, 2.05) is 164 Å². The molecule has 6 aromatic rings. The van der Waals surface area contributed by atoms with E-state index in [2.05, 4.69) is 94.4 Å². The van der Waals surface area contributed by atoms with E-state index in [0.29, 0.717) is 94.5 Å². The predicted molar refractivity (Wildman–Crippen MR) is 536 cm³/mol. The Hall–Kier alpha value is -8.93. The zero-order valence-corrected chi connectivity index (χ0v) is 90.4. The fraction of sp³-hybridized carbons (Fsp3) is 0.573. The van der Waals surface area contributed by atoms with Gasteiger partial charge in [0.2, 0.25) is 11.2 Å². The van der Waals surface area contributed by atoms with Crippen LogP contribution in [-0.4, -0.2) is 139 Å². The van der Waals surface area contributed by atoms with Crippen molar-refractivity contribution in [3.8, 4) is 63.2 Å². The number of methoxy groups -OCH3 is 2. The van der Waals surface area contributed by atoms with Crippen molar-refractivity contribution in [2.45, 2.75) is 376 Å². The Morgan fingerprint density at radius 2 is 0.707 bits per heavy atom. The molecule has 6 aromatic carbocycles. The summed E-state index contributed by atoms with van der Waals surface area (Å²) in [5.41, 5.74) is 16.7. The van der Waals surface area contributed by atoms with E-state index in [4.69, 9.17) is 24.1 Å². The van der Waals surface area contributed by atoms with Gasteiger partial charge in [0, 0.05) is 117 Å². The minimum atomic E-state index is -1.20. The number of phenols is 8. The van der Waals surface area contributed by atoms with Crippen LogP contribution in [0.15, 0.2) is 71.8 Å². The molecule has 737 valence electrons. The molecule has 0 spiro atoms. The van der Waals surface area contributed by atoms with Crippen LogP contribution < -0.4 is 43.8 Å². The summed E-state index contributed by atoms with van der Waals surface area (Å²) < 4.78 is 27.5. The van der Waals surface area contributed by atoms with Gasteiger partial charge in [-0.2, -0.15) is 0 Å². The van der Waals surface area contributed by atoms with Crippen LogP contribution in [0.25, 0.3) is 0 Å². The van der Waals surface area contributed by atoms with Crippen molar-refractivity contribution in [2.24, 2.45) is 11.8 Å². The van der Waals surface area contributed by atoms with Crippen LogP contribution in [0.2, 0.25) is 0 Å². The van der Waals surface area contributed by atoms with Gasteiger partial charge in [0.15, 0.2) is 11.6 Å². The molecule has 0 fully saturated rings. The number of para-hydroxylation sites is 1. The summed E-state index contributed by atoms with van der Waals surface area (Å²) in [6.45, 7) is 75.0. The third kappa shape index (κ3) is 31.0. The fourth-order valence-corrected chi connectivity index (χ4v) is 17.2. The Morgan fingerprint density at radius 1 is 0.414 bits per heavy atom. The molecule has 0 aromatic heterocycles. The average Bonchev–Trinajstić information content (AvgIpc) is 0.749. The molecule has 4 aliphatic rings. The van der Waals surface area contributed by atoms with Crippen LogP contribution in [0.4, 0.5) is 0 Å². The zero-order chi connectivity index (χ0) is 102. The Bertz CT molecular complexity index is 4930. The Kier molecular flexibility index (Phi) is 50.0. The number of carboxylic acid groups (broad SMARTS) is 1. The fourth-order valence-electron chi connectivity index (χ4n) is 17.2. The maximum absolute atomic E-state index is 12.1. The van der Waals surface area contributed by atoms with Crippen LogP contribution in [0.1, 0.15) is 419 Å². The summed E-state index contributed by atoms with van der Waals surface area (Å²) in [4.78, 5) is 57.0. The number of carbonyl (C=O) groups is 5. The minimum Gasteiger partial charge on any atom is -1.00 e. The van der Waals surface area contributed by atoms with E-state index in [1.54, 1.807) is 39.0 Å². The second kappa shape index (κ2) is 53.5. The molecule has 3 atom stereocenters. The summed E-state index contributed by atoms with van der Waals surface area (Å²) >= 11 is 0. The summed E-state index contributed by atoms with van der Waals surface area (Å²) in [5.74, 6) is 6.48. The number of benzene rings is 6. The molecular weight excluding hydrogens is 1690 g/mol. The van der Waals surface area contributed by atoms with E-state index >= 15 is 0 Å². The normalized spacial score (nSPS) is 16.3. The molecule has 21 nitrogen and oxygen atoms in total. The number of hydrogen-bond donors (Lipinski definition) is 11. The first-order chi connectivity index (χ1) is 60.4. The number of carboxylic acids is 1. The predicted octanol–water partition coefficient (Wildman–Crippen LogP) is 22.4. The van der Waals surface area contributed by atoms with Crippen molar-refractivity contribution in [2.75, 3.05) is 27.9 Å². The number of aliphatic hydroxyl groups excluding tert-OH is 2. The van der Waals surface area contributed by atoms with Crippen molar-refractivity contribution in [1.29, 1.82) is 0 Å². The van der Waals surface area contributed by atoms with Crippen molar-refractivity contribution in [3.63, 3.8) is 0 Å². The third-order valence-electron chi connectivity index (χ3n) is 24.5. The van der Waals surface area contributed by atoms with Crippen LogP contribution in [0, 0.1) is 39.5 Å². The molecule has 133 heavy (non-hydrogen) atoms. The number of rotatable bonds is 18. The molecule has 11 N–H and O–H groups in total. The smallest absolute Gasteiger partial charge is 1.00 e. The SMILES string of the molecule is C=C(C)C(=O)OC.CC(C)C1=CC(=O)C=C(C(C)C)C1=O.CC(C)c1cc(O)cc(C(C)C)c1O.CC(C)c1cccc(C(C)C)c1O.CO.COC(=O)C1(C)CCc2c(c(C)c(C(C)C)c(O)c2C(C)C)O1.Cc1c(O)cc(C(C)C)c(O)c1C(C)C.Cc1c2c(c(C(C)C)c(O)c1C(C)C)CCC(C)(C(=O)O)O2.Cc1c2c(c(C(C)C)c(O)c1C(C)C)CCC(C)(CO)O2.[B].[H-].[Na+]. The Labute approximate surface area is 823 Å². The molecule has 0 saturated heterocycles. The van der Waals surface area contributed by atoms with Gasteiger partial charge >= 0.3 is 47.5 Å². The van der Waals surface area contributed by atoms with Gasteiger partial charge in [-0.05, 0) is 228 Å². The molecule has 3 unspecified atom stereocenters. The van der Waals surface area contributed by atoms with Crippen molar-refractivity contribution >= 4 is 37.9 Å². The number of hydrogen-bond acceptors (Lipinski definition) is 20. The Morgan fingerprint density at radius 3 is 0.985 bits per heavy atom. The van der Waals surface area contributed by atoms with Gasteiger partial charge in [-0.25, -0.2) is 14.4 Å². The van der Waals surface area contributed by atoms with E-state index in [9.17, 15) is 75.0 Å². The molecule has 0 amide bonds. The van der Waals surface area contributed by atoms with Crippen molar-refractivity contribution in [1.82, 2.24) is 0 Å². The van der Waals surface area contributed by atoms with Gasteiger partial charge in [-0.1, -0.05) is 219 Å². The number of fused-ring (bicyclic) bond motifs is 3. The van der Waals surface area contributed by atoms with Gasteiger partial charge in [0.1, 0.15) is 68.8 Å². The minimum absolute atomic E-state index is 0.